The molecular weight excluding hydrogens is 260 g/mol. The van der Waals surface area contributed by atoms with Crippen molar-refractivity contribution in [3.8, 4) is 0 Å². The van der Waals surface area contributed by atoms with Crippen molar-refractivity contribution in [2.45, 2.75) is 38.0 Å². The van der Waals surface area contributed by atoms with Gasteiger partial charge in [-0.25, -0.2) is 8.42 Å². The smallest absolute Gasteiger partial charge is 0.245 e. The molecule has 19 heavy (non-hydrogen) atoms. The van der Waals surface area contributed by atoms with Crippen LogP contribution >= 0.6 is 0 Å². The van der Waals surface area contributed by atoms with Crippen LogP contribution in [0.15, 0.2) is 23.1 Å². The molecule has 0 radical (unpaired) electrons. The number of hydrogen-bond donors (Lipinski definition) is 1. The van der Waals surface area contributed by atoms with Crippen molar-refractivity contribution >= 4 is 15.7 Å². The first-order valence-electron chi connectivity index (χ1n) is 6.81. The molecule has 1 fully saturated rings. The number of hydrogen-bond acceptors (Lipinski definition) is 3. The molecule has 1 aliphatic heterocycles. The van der Waals surface area contributed by atoms with Crippen LogP contribution in [0.25, 0.3) is 0 Å². The van der Waals surface area contributed by atoms with Gasteiger partial charge in [0.2, 0.25) is 10.0 Å². The fourth-order valence-corrected chi connectivity index (χ4v) is 4.33. The monoisotopic (exact) mass is 282 g/mol. The number of aryl methyl sites for hydroxylation is 1. The lowest BCUT2D eigenvalue weighted by atomic mass is 10.0. The molecule has 1 aromatic rings. The number of benzene rings is 1. The highest BCUT2D eigenvalue weighted by Gasteiger charge is 2.33. The Balaban J connectivity index is 2.23. The molecule has 1 saturated heterocycles. The van der Waals surface area contributed by atoms with Crippen LogP contribution in [0.2, 0.25) is 0 Å². The quantitative estimate of drug-likeness (QED) is 0.862. The van der Waals surface area contributed by atoms with Gasteiger partial charge in [-0.05, 0) is 43.4 Å². The predicted octanol–water partition coefficient (Wildman–Crippen LogP) is 2.39. The molecule has 1 aliphatic rings. The number of anilines is 1. The third-order valence-corrected chi connectivity index (χ3v) is 5.67. The highest BCUT2D eigenvalue weighted by atomic mass is 32.2. The Kier molecular flexibility index (Phi) is 4.16. The second-order valence-corrected chi connectivity index (χ2v) is 7.25. The van der Waals surface area contributed by atoms with E-state index in [1.807, 2.05) is 6.92 Å². The Bertz CT molecular complexity index is 555. The lowest BCUT2D eigenvalue weighted by molar-refractivity contribution is 0.445. The van der Waals surface area contributed by atoms with Crippen LogP contribution in [-0.2, 0) is 10.0 Å². The largest absolute Gasteiger partial charge is 0.398 e. The van der Waals surface area contributed by atoms with Gasteiger partial charge in [0.05, 0.1) is 5.69 Å². The van der Waals surface area contributed by atoms with Gasteiger partial charge in [0.1, 0.15) is 4.90 Å². The molecule has 1 unspecified atom stereocenters. The third-order valence-electron chi connectivity index (χ3n) is 3.73. The second-order valence-electron chi connectivity index (χ2n) is 5.35. The van der Waals surface area contributed by atoms with Crippen LogP contribution in [0.3, 0.4) is 0 Å². The van der Waals surface area contributed by atoms with E-state index in [0.29, 0.717) is 24.7 Å². The predicted molar refractivity (Wildman–Crippen MR) is 77.4 cm³/mol. The van der Waals surface area contributed by atoms with Gasteiger partial charge in [0.25, 0.3) is 0 Å². The van der Waals surface area contributed by atoms with Crippen molar-refractivity contribution in [1.29, 1.82) is 0 Å². The Morgan fingerprint density at radius 2 is 2.16 bits per heavy atom. The third kappa shape index (κ3) is 2.92. The molecule has 0 saturated carbocycles. The SMILES string of the molecule is CCCC1CCN(S(=O)(=O)c2ccc(C)cc2N)C1. The summed E-state index contributed by atoms with van der Waals surface area (Å²) in [6.07, 6.45) is 3.15. The zero-order valence-electron chi connectivity index (χ0n) is 11.6. The fourth-order valence-electron chi connectivity index (χ4n) is 2.70. The Hall–Kier alpha value is -1.07. The van der Waals surface area contributed by atoms with E-state index < -0.39 is 10.0 Å². The van der Waals surface area contributed by atoms with Gasteiger partial charge in [-0.3, -0.25) is 0 Å². The summed E-state index contributed by atoms with van der Waals surface area (Å²) in [7, 11) is -3.43. The molecule has 0 aromatic heterocycles. The maximum Gasteiger partial charge on any atom is 0.245 e. The highest BCUT2D eigenvalue weighted by Crippen LogP contribution is 2.29. The molecule has 1 atom stereocenters. The Labute approximate surface area is 115 Å². The zero-order valence-corrected chi connectivity index (χ0v) is 12.4. The summed E-state index contributed by atoms with van der Waals surface area (Å²) in [4.78, 5) is 0.246. The van der Waals surface area contributed by atoms with Crippen molar-refractivity contribution in [1.82, 2.24) is 4.31 Å². The van der Waals surface area contributed by atoms with E-state index in [2.05, 4.69) is 6.92 Å². The summed E-state index contributed by atoms with van der Waals surface area (Å²) in [5.74, 6) is 0.492. The van der Waals surface area contributed by atoms with Crippen LogP contribution in [0, 0.1) is 12.8 Å². The molecule has 5 heteroatoms. The minimum Gasteiger partial charge on any atom is -0.398 e. The molecule has 0 aliphatic carbocycles. The van der Waals surface area contributed by atoms with Crippen LogP contribution in [0.1, 0.15) is 31.7 Å². The summed E-state index contributed by atoms with van der Waals surface area (Å²) in [6.45, 7) is 5.28. The van der Waals surface area contributed by atoms with Crippen molar-refractivity contribution in [3.63, 3.8) is 0 Å². The van der Waals surface area contributed by atoms with Gasteiger partial charge in [-0.2, -0.15) is 4.31 Å². The van der Waals surface area contributed by atoms with E-state index in [4.69, 9.17) is 5.73 Å². The maximum absolute atomic E-state index is 12.6. The van der Waals surface area contributed by atoms with Crippen LogP contribution < -0.4 is 5.73 Å². The number of nitrogen functional groups attached to an aromatic ring is 1. The van der Waals surface area contributed by atoms with Gasteiger partial charge in [0, 0.05) is 13.1 Å². The second kappa shape index (κ2) is 5.51. The van der Waals surface area contributed by atoms with E-state index in [-0.39, 0.29) is 4.90 Å². The highest BCUT2D eigenvalue weighted by molar-refractivity contribution is 7.89. The van der Waals surface area contributed by atoms with Crippen LogP contribution in [0.5, 0.6) is 0 Å². The molecule has 0 amide bonds. The van der Waals surface area contributed by atoms with Gasteiger partial charge in [0.15, 0.2) is 0 Å². The molecule has 4 nitrogen and oxygen atoms in total. The Morgan fingerprint density at radius 1 is 1.42 bits per heavy atom. The summed E-state index contributed by atoms with van der Waals surface area (Å²) < 4.78 is 26.7. The van der Waals surface area contributed by atoms with Gasteiger partial charge >= 0.3 is 0 Å². The number of rotatable bonds is 4. The molecule has 1 heterocycles. The van der Waals surface area contributed by atoms with Crippen molar-refractivity contribution < 1.29 is 8.42 Å². The summed E-state index contributed by atoms with van der Waals surface area (Å²) in [5, 5.41) is 0. The first-order valence-corrected chi connectivity index (χ1v) is 8.25. The standard InChI is InChI=1S/C14H22N2O2S/c1-3-4-12-7-8-16(10-12)19(17,18)14-6-5-11(2)9-13(14)15/h5-6,9,12H,3-4,7-8,10,15H2,1-2H3. The fraction of sp³-hybridized carbons (Fsp3) is 0.571. The molecular formula is C14H22N2O2S. The van der Waals surface area contributed by atoms with Crippen molar-refractivity contribution in [2.24, 2.45) is 5.92 Å². The topological polar surface area (TPSA) is 63.4 Å². The lowest BCUT2D eigenvalue weighted by Crippen LogP contribution is -2.29. The van der Waals surface area contributed by atoms with E-state index in [1.165, 1.54) is 0 Å². The average molecular weight is 282 g/mol. The summed E-state index contributed by atoms with van der Waals surface area (Å²) >= 11 is 0. The van der Waals surface area contributed by atoms with Gasteiger partial charge in [-0.1, -0.05) is 19.4 Å². The van der Waals surface area contributed by atoms with E-state index in [9.17, 15) is 8.42 Å². The van der Waals surface area contributed by atoms with Gasteiger partial charge < -0.3 is 5.73 Å². The van der Waals surface area contributed by atoms with Crippen molar-refractivity contribution in [2.75, 3.05) is 18.8 Å². The maximum atomic E-state index is 12.6. The summed E-state index contributed by atoms with van der Waals surface area (Å²) in [5.41, 5.74) is 7.18. The lowest BCUT2D eigenvalue weighted by Gasteiger charge is -2.18. The minimum atomic E-state index is -3.43. The summed E-state index contributed by atoms with van der Waals surface area (Å²) in [6, 6.07) is 5.13. The van der Waals surface area contributed by atoms with Crippen LogP contribution in [-0.4, -0.2) is 25.8 Å². The first-order chi connectivity index (χ1) is 8.95. The molecule has 106 valence electrons. The molecule has 0 spiro atoms. The Morgan fingerprint density at radius 3 is 2.79 bits per heavy atom. The molecule has 1 aromatic carbocycles. The van der Waals surface area contributed by atoms with Gasteiger partial charge in [-0.15, -0.1) is 0 Å². The zero-order chi connectivity index (χ0) is 14.0. The normalized spacial score (nSPS) is 20.8. The average Bonchev–Trinajstić information content (AvgIpc) is 2.78. The molecule has 0 bridgehead atoms. The van der Waals surface area contributed by atoms with E-state index in [1.54, 1.807) is 22.5 Å². The molecule has 2 rings (SSSR count). The van der Waals surface area contributed by atoms with Crippen molar-refractivity contribution in [3.05, 3.63) is 23.8 Å². The van der Waals surface area contributed by atoms with Crippen LogP contribution in [0.4, 0.5) is 5.69 Å². The number of nitrogens with two attached hydrogens (primary N) is 1. The number of sulfonamides is 1. The van der Waals surface area contributed by atoms with E-state index >= 15 is 0 Å². The van der Waals surface area contributed by atoms with E-state index in [0.717, 1.165) is 24.8 Å². The number of nitrogens with zero attached hydrogens (tertiary/aromatic N) is 1. The minimum absolute atomic E-state index is 0.246. The first kappa shape index (κ1) is 14.3. The molecule has 2 N–H and O–H groups in total.